The summed E-state index contributed by atoms with van der Waals surface area (Å²) in [5.74, 6) is 0. The molecule has 0 aliphatic carbocycles. The van der Waals surface area contributed by atoms with Gasteiger partial charge < -0.3 is 18.6 Å². The van der Waals surface area contributed by atoms with Crippen LogP contribution in [-0.4, -0.2) is 0 Å². The molecule has 0 atom stereocenters. The number of anilines is 6. The molecule has 0 spiro atoms. The summed E-state index contributed by atoms with van der Waals surface area (Å²) in [4.78, 5) is 4.69. The van der Waals surface area contributed by atoms with E-state index in [-0.39, 0.29) is 0 Å². The van der Waals surface area contributed by atoms with Gasteiger partial charge >= 0.3 is 0 Å². The molecule has 0 saturated heterocycles. The van der Waals surface area contributed by atoms with Crippen LogP contribution in [0.25, 0.3) is 76.2 Å². The molecule has 58 heavy (non-hydrogen) atoms. The van der Waals surface area contributed by atoms with E-state index in [1.54, 1.807) is 0 Å². The number of rotatable bonds is 6. The maximum Gasteiger partial charge on any atom is 0.136 e. The molecule has 0 aliphatic heterocycles. The highest BCUT2D eigenvalue weighted by atomic mass is 16.3. The fourth-order valence-corrected chi connectivity index (χ4v) is 8.86. The van der Waals surface area contributed by atoms with Gasteiger partial charge in [0.15, 0.2) is 0 Å². The molecule has 12 aromatic rings. The van der Waals surface area contributed by atoms with Crippen molar-refractivity contribution >= 4 is 110 Å². The van der Waals surface area contributed by atoms with E-state index in [1.165, 1.54) is 21.5 Å². The van der Waals surface area contributed by atoms with Crippen molar-refractivity contribution in [2.24, 2.45) is 0 Å². The largest absolute Gasteiger partial charge is 0.456 e. The molecule has 12 rings (SSSR count). The van der Waals surface area contributed by atoms with Crippen molar-refractivity contribution in [2.75, 3.05) is 9.80 Å². The number of nitrogens with zero attached hydrogens (tertiary/aromatic N) is 2. The molecule has 0 unspecified atom stereocenters. The summed E-state index contributed by atoms with van der Waals surface area (Å²) in [6.45, 7) is 0. The van der Waals surface area contributed by atoms with Crippen LogP contribution in [0.15, 0.2) is 215 Å². The van der Waals surface area contributed by atoms with Gasteiger partial charge in [-0.05, 0) is 119 Å². The summed E-state index contributed by atoms with van der Waals surface area (Å²) in [7, 11) is 0. The standard InChI is InChI=1S/C54H34N2O2/c1-3-17-39(18-4-1)55(49-23-11-15-35-13-7-9-21-43(35)49)41-25-27-51-47(33-41)45-29-37-30-46-48-34-42(26-28-52(48)58-54(46)32-38(37)31-53(45)57-51)56(40-19-5-2-6-20-40)50-24-12-16-36-14-8-10-22-44(36)50/h1-34H. The fraction of sp³-hybridized carbons (Fsp3) is 0. The molecule has 0 amide bonds. The Bertz CT molecular complexity index is 3290. The van der Waals surface area contributed by atoms with Gasteiger partial charge in [-0.25, -0.2) is 0 Å². The van der Waals surface area contributed by atoms with Crippen molar-refractivity contribution in [1.82, 2.24) is 0 Å². The third-order valence-electron chi connectivity index (χ3n) is 11.5. The van der Waals surface area contributed by atoms with Crippen LogP contribution in [0.1, 0.15) is 0 Å². The van der Waals surface area contributed by atoms with Crippen LogP contribution in [-0.2, 0) is 0 Å². The maximum atomic E-state index is 6.55. The van der Waals surface area contributed by atoms with Crippen LogP contribution in [0.4, 0.5) is 34.1 Å². The predicted octanol–water partition coefficient (Wildman–Crippen LogP) is 15.9. The minimum atomic E-state index is 0.849. The first kappa shape index (κ1) is 32.4. The molecular formula is C54H34N2O2. The van der Waals surface area contributed by atoms with E-state index in [0.717, 1.165) is 88.8 Å². The van der Waals surface area contributed by atoms with E-state index in [1.807, 2.05) is 0 Å². The summed E-state index contributed by atoms with van der Waals surface area (Å²) >= 11 is 0. The SMILES string of the molecule is c1ccc(N(c2ccc3oc4cc5cc6oc7ccc(N(c8ccccc8)c8cccc9ccccc89)cc7c6cc5cc4c3c2)c2cccc3ccccc23)cc1. The molecule has 4 nitrogen and oxygen atoms in total. The molecular weight excluding hydrogens is 709 g/mol. The van der Waals surface area contributed by atoms with Crippen molar-refractivity contribution in [3.63, 3.8) is 0 Å². The molecule has 10 aromatic carbocycles. The Morgan fingerprint density at radius 3 is 1.12 bits per heavy atom. The van der Waals surface area contributed by atoms with Gasteiger partial charge in [-0.2, -0.15) is 0 Å². The molecule has 0 saturated carbocycles. The second kappa shape index (κ2) is 12.9. The highest BCUT2D eigenvalue weighted by Gasteiger charge is 2.20. The quantitative estimate of drug-likeness (QED) is 0.170. The monoisotopic (exact) mass is 742 g/mol. The van der Waals surface area contributed by atoms with Crippen LogP contribution >= 0.6 is 0 Å². The van der Waals surface area contributed by atoms with Crippen molar-refractivity contribution in [1.29, 1.82) is 0 Å². The predicted molar refractivity (Wildman–Crippen MR) is 243 cm³/mol. The number of benzene rings is 10. The lowest BCUT2D eigenvalue weighted by Gasteiger charge is -2.27. The summed E-state index contributed by atoms with van der Waals surface area (Å²) in [5, 5.41) is 11.3. The first-order chi connectivity index (χ1) is 28.7. The van der Waals surface area contributed by atoms with E-state index in [2.05, 4.69) is 216 Å². The van der Waals surface area contributed by atoms with E-state index in [0.29, 0.717) is 0 Å². The van der Waals surface area contributed by atoms with Gasteiger partial charge in [-0.3, -0.25) is 0 Å². The second-order valence-electron chi connectivity index (χ2n) is 14.9. The topological polar surface area (TPSA) is 32.8 Å². The first-order valence-corrected chi connectivity index (χ1v) is 19.7. The van der Waals surface area contributed by atoms with Crippen molar-refractivity contribution < 1.29 is 8.83 Å². The van der Waals surface area contributed by atoms with Gasteiger partial charge in [-0.15, -0.1) is 0 Å². The summed E-state index contributed by atoms with van der Waals surface area (Å²) in [6, 6.07) is 73.3. The number of hydrogen-bond donors (Lipinski definition) is 0. The van der Waals surface area contributed by atoms with Gasteiger partial charge in [0.2, 0.25) is 0 Å². The van der Waals surface area contributed by atoms with Gasteiger partial charge in [-0.1, -0.05) is 109 Å². The lowest BCUT2D eigenvalue weighted by molar-refractivity contribution is 0.668. The van der Waals surface area contributed by atoms with E-state index in [4.69, 9.17) is 8.83 Å². The maximum absolute atomic E-state index is 6.55. The molecule has 2 heterocycles. The van der Waals surface area contributed by atoms with E-state index >= 15 is 0 Å². The van der Waals surface area contributed by atoms with Gasteiger partial charge in [0, 0.05) is 55.1 Å². The van der Waals surface area contributed by atoms with E-state index < -0.39 is 0 Å². The Morgan fingerprint density at radius 2 is 0.638 bits per heavy atom. The zero-order valence-corrected chi connectivity index (χ0v) is 31.3. The fourth-order valence-electron chi connectivity index (χ4n) is 8.86. The molecule has 0 N–H and O–H groups in total. The zero-order valence-electron chi connectivity index (χ0n) is 31.3. The molecule has 2 aromatic heterocycles. The van der Waals surface area contributed by atoms with Crippen molar-refractivity contribution in [3.05, 3.63) is 206 Å². The first-order valence-electron chi connectivity index (χ1n) is 19.7. The van der Waals surface area contributed by atoms with Crippen molar-refractivity contribution in [3.8, 4) is 0 Å². The Morgan fingerprint density at radius 1 is 0.241 bits per heavy atom. The molecule has 0 fully saturated rings. The number of hydrogen-bond acceptors (Lipinski definition) is 4. The average molecular weight is 743 g/mol. The summed E-state index contributed by atoms with van der Waals surface area (Å²) in [6.07, 6.45) is 0. The number of fused-ring (bicyclic) bond motifs is 9. The Hall–Kier alpha value is -7.82. The normalized spacial score (nSPS) is 11.8. The lowest BCUT2D eigenvalue weighted by atomic mass is 10.0. The van der Waals surface area contributed by atoms with Gasteiger partial charge in [0.1, 0.15) is 22.3 Å². The highest BCUT2D eigenvalue weighted by molar-refractivity contribution is 6.16. The lowest BCUT2D eigenvalue weighted by Crippen LogP contribution is -2.10. The molecule has 0 bridgehead atoms. The third-order valence-corrected chi connectivity index (χ3v) is 11.5. The Kier molecular flexibility index (Phi) is 7.20. The Balaban J connectivity index is 1.02. The van der Waals surface area contributed by atoms with Gasteiger partial charge in [0.05, 0.1) is 11.4 Å². The van der Waals surface area contributed by atoms with Gasteiger partial charge in [0.25, 0.3) is 0 Å². The summed E-state index contributed by atoms with van der Waals surface area (Å²) < 4.78 is 13.1. The third kappa shape index (κ3) is 5.16. The molecule has 0 aliphatic rings. The van der Waals surface area contributed by atoms with Crippen LogP contribution in [0.3, 0.4) is 0 Å². The van der Waals surface area contributed by atoms with E-state index in [9.17, 15) is 0 Å². The average Bonchev–Trinajstić information content (AvgIpc) is 3.82. The Labute approximate surface area is 334 Å². The number of para-hydroxylation sites is 2. The smallest absolute Gasteiger partial charge is 0.136 e. The van der Waals surface area contributed by atoms with Crippen LogP contribution in [0.2, 0.25) is 0 Å². The zero-order chi connectivity index (χ0) is 38.2. The second-order valence-corrected chi connectivity index (χ2v) is 14.9. The number of furan rings is 2. The van der Waals surface area contributed by atoms with Crippen LogP contribution in [0, 0.1) is 0 Å². The van der Waals surface area contributed by atoms with Crippen molar-refractivity contribution in [2.45, 2.75) is 0 Å². The summed E-state index contributed by atoms with van der Waals surface area (Å²) in [5.41, 5.74) is 9.98. The highest BCUT2D eigenvalue weighted by Crippen LogP contribution is 2.44. The van der Waals surface area contributed by atoms with Crippen LogP contribution in [0.5, 0.6) is 0 Å². The molecule has 272 valence electrons. The molecule has 4 heteroatoms. The van der Waals surface area contributed by atoms with Crippen LogP contribution < -0.4 is 9.80 Å². The minimum absolute atomic E-state index is 0.849. The molecule has 0 radical (unpaired) electrons. The minimum Gasteiger partial charge on any atom is -0.456 e.